The van der Waals surface area contributed by atoms with E-state index in [2.05, 4.69) is 54.6 Å². The molecule has 28 heavy (non-hydrogen) atoms. The zero-order valence-electron chi connectivity index (χ0n) is 14.8. The van der Waals surface area contributed by atoms with E-state index in [-0.39, 0.29) is 0 Å². The predicted octanol–water partition coefficient (Wildman–Crippen LogP) is 7.91. The first-order valence-corrected chi connectivity index (χ1v) is 10.1. The van der Waals surface area contributed by atoms with Crippen LogP contribution in [-0.2, 0) is 0 Å². The van der Waals surface area contributed by atoms with Gasteiger partial charge in [0.1, 0.15) is 0 Å². The van der Waals surface area contributed by atoms with E-state index >= 15 is 0 Å². The molecule has 0 saturated heterocycles. The number of hydrogen-bond acceptors (Lipinski definition) is 2. The van der Waals surface area contributed by atoms with Gasteiger partial charge in [0.2, 0.25) is 0 Å². The number of benzene rings is 4. The molecule has 0 spiro atoms. The van der Waals surface area contributed by atoms with Crippen LogP contribution in [0.5, 0.6) is 0 Å². The highest BCUT2D eigenvalue weighted by Crippen LogP contribution is 2.40. The topological polar surface area (TPSA) is 23.8 Å². The SMILES string of the molecule is N#Cc1ccc2sc3c(-c4cccc(-c5cccc(Cl)c5)c4)cccc3c2c1. The molecule has 3 heteroatoms. The number of fused-ring (bicyclic) bond motifs is 3. The third-order valence-electron chi connectivity index (χ3n) is 4.96. The second-order valence-corrected chi connectivity index (χ2v) is 8.19. The van der Waals surface area contributed by atoms with E-state index in [9.17, 15) is 5.26 Å². The van der Waals surface area contributed by atoms with Crippen LogP contribution in [0.25, 0.3) is 42.4 Å². The Bertz CT molecular complexity index is 1390. The molecule has 1 aromatic heterocycles. The third-order valence-corrected chi connectivity index (χ3v) is 6.41. The van der Waals surface area contributed by atoms with Crippen molar-refractivity contribution in [1.29, 1.82) is 5.26 Å². The van der Waals surface area contributed by atoms with Gasteiger partial charge in [-0.25, -0.2) is 0 Å². The lowest BCUT2D eigenvalue weighted by Gasteiger charge is -2.08. The molecule has 4 aromatic carbocycles. The lowest BCUT2D eigenvalue weighted by atomic mass is 9.98. The van der Waals surface area contributed by atoms with E-state index in [0.29, 0.717) is 5.56 Å². The highest BCUT2D eigenvalue weighted by Gasteiger charge is 2.11. The standard InChI is InChI=1S/C25H14ClNS/c26-20-7-2-5-18(14-20)17-4-1-6-19(13-17)21-8-3-9-22-23-12-16(15-27)10-11-24(23)28-25(21)22/h1-14H. The zero-order chi connectivity index (χ0) is 19.1. The fourth-order valence-electron chi connectivity index (χ4n) is 3.63. The summed E-state index contributed by atoms with van der Waals surface area (Å²) in [6.45, 7) is 0. The van der Waals surface area contributed by atoms with Crippen LogP contribution in [0.4, 0.5) is 0 Å². The average Bonchev–Trinajstić information content (AvgIpc) is 3.11. The van der Waals surface area contributed by atoms with E-state index in [0.717, 1.165) is 21.5 Å². The Morgan fingerprint density at radius 2 is 1.46 bits per heavy atom. The van der Waals surface area contributed by atoms with E-state index in [1.165, 1.54) is 25.9 Å². The van der Waals surface area contributed by atoms with Crippen LogP contribution in [0, 0.1) is 11.3 Å². The van der Waals surface area contributed by atoms with Crippen molar-refractivity contribution in [2.45, 2.75) is 0 Å². The minimum atomic E-state index is 0.695. The summed E-state index contributed by atoms with van der Waals surface area (Å²) < 4.78 is 2.45. The Morgan fingerprint density at radius 1 is 0.714 bits per heavy atom. The number of halogens is 1. The van der Waals surface area contributed by atoms with Crippen molar-refractivity contribution in [2.75, 3.05) is 0 Å². The van der Waals surface area contributed by atoms with Crippen LogP contribution >= 0.6 is 22.9 Å². The average molecular weight is 396 g/mol. The molecule has 0 N–H and O–H groups in total. The summed E-state index contributed by atoms with van der Waals surface area (Å²) in [6, 6.07) is 31.1. The van der Waals surface area contributed by atoms with Crippen LogP contribution in [-0.4, -0.2) is 0 Å². The largest absolute Gasteiger partial charge is 0.192 e. The summed E-state index contributed by atoms with van der Waals surface area (Å²) in [4.78, 5) is 0. The maximum atomic E-state index is 9.24. The van der Waals surface area contributed by atoms with Gasteiger partial charge in [0.25, 0.3) is 0 Å². The second kappa shape index (κ2) is 6.80. The second-order valence-electron chi connectivity index (χ2n) is 6.70. The third kappa shape index (κ3) is 2.86. The summed E-state index contributed by atoms with van der Waals surface area (Å²) in [5, 5.41) is 12.3. The van der Waals surface area contributed by atoms with Crippen molar-refractivity contribution in [2.24, 2.45) is 0 Å². The van der Waals surface area contributed by atoms with Gasteiger partial charge < -0.3 is 0 Å². The smallest absolute Gasteiger partial charge is 0.0991 e. The summed E-state index contributed by atoms with van der Waals surface area (Å²) >= 11 is 7.95. The van der Waals surface area contributed by atoms with E-state index in [1.807, 2.05) is 36.4 Å². The summed E-state index contributed by atoms with van der Waals surface area (Å²) in [6.07, 6.45) is 0. The van der Waals surface area contributed by atoms with Crippen LogP contribution in [0.15, 0.2) is 84.9 Å². The molecule has 132 valence electrons. The van der Waals surface area contributed by atoms with Crippen LogP contribution in [0.1, 0.15) is 5.56 Å². The van der Waals surface area contributed by atoms with Crippen molar-refractivity contribution < 1.29 is 0 Å². The fraction of sp³-hybridized carbons (Fsp3) is 0. The summed E-state index contributed by atoms with van der Waals surface area (Å²) in [7, 11) is 0. The van der Waals surface area contributed by atoms with Crippen molar-refractivity contribution >= 4 is 43.1 Å². The van der Waals surface area contributed by atoms with Crippen LogP contribution in [0.3, 0.4) is 0 Å². The van der Waals surface area contributed by atoms with Gasteiger partial charge in [-0.05, 0) is 58.7 Å². The van der Waals surface area contributed by atoms with Gasteiger partial charge in [-0.1, -0.05) is 60.1 Å². The highest BCUT2D eigenvalue weighted by atomic mass is 35.5. The van der Waals surface area contributed by atoms with Gasteiger partial charge in [0, 0.05) is 25.2 Å². The van der Waals surface area contributed by atoms with Gasteiger partial charge in [-0.2, -0.15) is 5.26 Å². The minimum Gasteiger partial charge on any atom is -0.192 e. The maximum absolute atomic E-state index is 9.24. The summed E-state index contributed by atoms with van der Waals surface area (Å²) in [5.74, 6) is 0. The molecule has 0 bridgehead atoms. The molecule has 0 unspecified atom stereocenters. The number of hydrogen-bond donors (Lipinski definition) is 0. The first kappa shape index (κ1) is 17.0. The molecular weight excluding hydrogens is 382 g/mol. The Morgan fingerprint density at radius 3 is 2.29 bits per heavy atom. The molecule has 5 rings (SSSR count). The molecular formula is C25H14ClNS. The van der Waals surface area contributed by atoms with E-state index in [1.54, 1.807) is 11.3 Å². The summed E-state index contributed by atoms with van der Waals surface area (Å²) in [5.41, 5.74) is 5.33. The number of rotatable bonds is 2. The molecule has 0 aliphatic carbocycles. The lowest BCUT2D eigenvalue weighted by Crippen LogP contribution is -1.82. The van der Waals surface area contributed by atoms with E-state index in [4.69, 9.17) is 11.6 Å². The van der Waals surface area contributed by atoms with Gasteiger partial charge in [-0.3, -0.25) is 0 Å². The molecule has 0 aliphatic heterocycles. The monoisotopic (exact) mass is 395 g/mol. The van der Waals surface area contributed by atoms with Crippen LogP contribution in [0.2, 0.25) is 5.02 Å². The van der Waals surface area contributed by atoms with Crippen molar-refractivity contribution in [3.05, 3.63) is 95.5 Å². The van der Waals surface area contributed by atoms with Gasteiger partial charge in [0.05, 0.1) is 11.6 Å². The fourth-order valence-corrected chi connectivity index (χ4v) is 5.04. The molecule has 1 nitrogen and oxygen atoms in total. The van der Waals surface area contributed by atoms with Crippen molar-refractivity contribution in [3.63, 3.8) is 0 Å². The van der Waals surface area contributed by atoms with Crippen molar-refractivity contribution in [1.82, 2.24) is 0 Å². The Kier molecular flexibility index (Phi) is 4.13. The zero-order valence-corrected chi connectivity index (χ0v) is 16.4. The Labute approximate surface area is 172 Å². The van der Waals surface area contributed by atoms with E-state index < -0.39 is 0 Å². The predicted molar refractivity (Wildman–Crippen MR) is 120 cm³/mol. The number of nitrogens with zero attached hydrogens (tertiary/aromatic N) is 1. The molecule has 0 radical (unpaired) electrons. The maximum Gasteiger partial charge on any atom is 0.0991 e. The van der Waals surface area contributed by atoms with Crippen molar-refractivity contribution in [3.8, 4) is 28.3 Å². The molecule has 1 heterocycles. The lowest BCUT2D eigenvalue weighted by molar-refractivity contribution is 1.50. The van der Waals surface area contributed by atoms with Gasteiger partial charge in [0.15, 0.2) is 0 Å². The molecule has 0 amide bonds. The van der Waals surface area contributed by atoms with Gasteiger partial charge in [-0.15, -0.1) is 11.3 Å². The molecule has 0 aliphatic rings. The van der Waals surface area contributed by atoms with Crippen LogP contribution < -0.4 is 0 Å². The van der Waals surface area contributed by atoms with Gasteiger partial charge >= 0.3 is 0 Å². The Balaban J connectivity index is 1.72. The quantitative estimate of drug-likeness (QED) is 0.298. The minimum absolute atomic E-state index is 0.695. The molecule has 0 atom stereocenters. The highest BCUT2D eigenvalue weighted by molar-refractivity contribution is 7.26. The molecule has 0 saturated carbocycles. The normalized spacial score (nSPS) is 11.0. The number of nitriles is 1. The molecule has 0 fully saturated rings. The Hall–Kier alpha value is -3.12. The first-order chi connectivity index (χ1) is 13.7. The number of thiophene rings is 1. The first-order valence-electron chi connectivity index (χ1n) is 8.95. The molecule has 5 aromatic rings.